The van der Waals surface area contributed by atoms with Gasteiger partial charge in [-0.25, -0.2) is 0 Å². The van der Waals surface area contributed by atoms with E-state index in [1.165, 1.54) is 0 Å². The molecule has 4 nitrogen and oxygen atoms in total. The molecule has 130 valence electrons. The minimum Gasteiger partial charge on any atom is -0.325 e. The van der Waals surface area contributed by atoms with Crippen molar-refractivity contribution in [2.24, 2.45) is 0 Å². The number of carbonyl (C=O) groups excluding carboxylic acids is 2. The topological polar surface area (TPSA) is 40.6 Å². The van der Waals surface area contributed by atoms with Gasteiger partial charge in [0.1, 0.15) is 6.04 Å². The normalized spacial score (nSPS) is 17.8. The lowest BCUT2D eigenvalue weighted by molar-refractivity contribution is -0.124. The summed E-state index contributed by atoms with van der Waals surface area (Å²) in [6, 6.07) is 12.1. The van der Waals surface area contributed by atoms with Gasteiger partial charge in [0.05, 0.1) is 0 Å². The summed E-state index contributed by atoms with van der Waals surface area (Å²) in [5, 5.41) is 0.644. The largest absolute Gasteiger partial charge is 0.325 e. The average molecular weight is 422 g/mol. The summed E-state index contributed by atoms with van der Waals surface area (Å²) in [5.74, 6) is -0.206. The number of anilines is 1. The van der Waals surface area contributed by atoms with Gasteiger partial charge in [0.15, 0.2) is 0 Å². The van der Waals surface area contributed by atoms with E-state index < -0.39 is 6.04 Å². The monoisotopic (exact) mass is 420 g/mol. The van der Waals surface area contributed by atoms with Gasteiger partial charge < -0.3 is 9.80 Å². The highest BCUT2D eigenvalue weighted by Gasteiger charge is 2.35. The molecule has 6 heteroatoms. The summed E-state index contributed by atoms with van der Waals surface area (Å²) in [4.78, 5) is 29.0. The minimum atomic E-state index is -0.514. The number of nitrogens with zero attached hydrogens (tertiary/aromatic N) is 2. The van der Waals surface area contributed by atoms with Crippen molar-refractivity contribution < 1.29 is 9.59 Å². The molecule has 0 saturated carbocycles. The van der Waals surface area contributed by atoms with Crippen molar-refractivity contribution in [2.75, 3.05) is 18.0 Å². The van der Waals surface area contributed by atoms with Crippen molar-refractivity contribution in [3.63, 3.8) is 0 Å². The Bertz CT molecular complexity index is 823. The van der Waals surface area contributed by atoms with E-state index in [-0.39, 0.29) is 11.8 Å². The molecular weight excluding hydrogens is 404 g/mol. The van der Waals surface area contributed by atoms with E-state index in [0.717, 1.165) is 15.7 Å². The predicted molar refractivity (Wildman–Crippen MR) is 103 cm³/mol. The molecule has 1 aliphatic rings. The van der Waals surface area contributed by atoms with Crippen LogP contribution in [0.25, 0.3) is 0 Å². The lowest BCUT2D eigenvalue weighted by atomic mass is 10.1. The van der Waals surface area contributed by atoms with Crippen molar-refractivity contribution in [2.45, 2.75) is 19.9 Å². The van der Waals surface area contributed by atoms with Crippen LogP contribution < -0.4 is 4.90 Å². The third kappa shape index (κ3) is 3.58. The van der Waals surface area contributed by atoms with Gasteiger partial charge in [-0.15, -0.1) is 0 Å². The standard InChI is InChI=1S/C19H18BrClN2O2/c1-12-11-16(21)7-8-17(12)23-10-9-22(13(2)18(23)24)19(25)14-3-5-15(20)6-4-14/h3-8,11,13H,9-10H2,1-2H3/t13-/m0/s1. The molecule has 0 aromatic heterocycles. The zero-order valence-electron chi connectivity index (χ0n) is 14.0. The molecule has 1 saturated heterocycles. The van der Waals surface area contributed by atoms with Crippen molar-refractivity contribution >= 4 is 45.0 Å². The molecule has 1 fully saturated rings. The van der Waals surface area contributed by atoms with Crippen LogP contribution in [-0.2, 0) is 4.79 Å². The number of hydrogen-bond acceptors (Lipinski definition) is 2. The molecule has 2 aromatic rings. The molecule has 2 aromatic carbocycles. The van der Waals surface area contributed by atoms with Crippen LogP contribution in [0.5, 0.6) is 0 Å². The Morgan fingerprint density at radius 2 is 1.84 bits per heavy atom. The van der Waals surface area contributed by atoms with Crippen molar-refractivity contribution in [1.29, 1.82) is 0 Å². The first-order valence-electron chi connectivity index (χ1n) is 8.02. The second-order valence-corrected chi connectivity index (χ2v) is 7.45. The van der Waals surface area contributed by atoms with E-state index in [0.29, 0.717) is 23.7 Å². The Kier molecular flexibility index (Phi) is 5.16. The van der Waals surface area contributed by atoms with Gasteiger partial charge in [0.2, 0.25) is 5.91 Å². The van der Waals surface area contributed by atoms with Crippen LogP contribution in [0.4, 0.5) is 5.69 Å². The van der Waals surface area contributed by atoms with Crippen LogP contribution in [-0.4, -0.2) is 35.8 Å². The SMILES string of the molecule is Cc1cc(Cl)ccc1N1CCN(C(=O)c2ccc(Br)cc2)[C@@H](C)C1=O. The van der Waals surface area contributed by atoms with Crippen LogP contribution in [0.15, 0.2) is 46.9 Å². The van der Waals surface area contributed by atoms with E-state index in [2.05, 4.69) is 15.9 Å². The first-order valence-corrected chi connectivity index (χ1v) is 9.19. The summed E-state index contributed by atoms with van der Waals surface area (Å²) < 4.78 is 0.913. The first kappa shape index (κ1) is 18.0. The molecule has 1 atom stereocenters. The second kappa shape index (κ2) is 7.18. The maximum atomic E-state index is 12.9. The maximum absolute atomic E-state index is 12.9. The number of amides is 2. The van der Waals surface area contributed by atoms with Gasteiger partial charge in [-0.2, -0.15) is 0 Å². The summed E-state index contributed by atoms with van der Waals surface area (Å²) in [5.41, 5.74) is 2.37. The van der Waals surface area contributed by atoms with Crippen molar-refractivity contribution in [1.82, 2.24) is 4.90 Å². The number of piperazine rings is 1. The van der Waals surface area contributed by atoms with Crippen LogP contribution in [0, 0.1) is 6.92 Å². The lowest BCUT2D eigenvalue weighted by Crippen LogP contribution is -2.57. The molecule has 1 aliphatic heterocycles. The number of benzene rings is 2. The minimum absolute atomic E-state index is 0.0814. The smallest absolute Gasteiger partial charge is 0.254 e. The molecule has 0 radical (unpaired) electrons. The zero-order valence-corrected chi connectivity index (χ0v) is 16.3. The van der Waals surface area contributed by atoms with Crippen LogP contribution >= 0.6 is 27.5 Å². The zero-order chi connectivity index (χ0) is 18.1. The van der Waals surface area contributed by atoms with Crippen LogP contribution in [0.2, 0.25) is 5.02 Å². The second-order valence-electron chi connectivity index (χ2n) is 6.10. The molecule has 2 amide bonds. The van der Waals surface area contributed by atoms with Crippen molar-refractivity contribution in [3.8, 4) is 0 Å². The molecule has 1 heterocycles. The molecule has 0 N–H and O–H groups in total. The molecule has 0 unspecified atom stereocenters. The Labute approximate surface area is 160 Å². The molecule has 3 rings (SSSR count). The van der Waals surface area contributed by atoms with Gasteiger partial charge in [-0.05, 0) is 61.9 Å². The van der Waals surface area contributed by atoms with Crippen LogP contribution in [0.3, 0.4) is 0 Å². The highest BCUT2D eigenvalue weighted by atomic mass is 79.9. The number of hydrogen-bond donors (Lipinski definition) is 0. The average Bonchev–Trinajstić information content (AvgIpc) is 2.58. The number of halogens is 2. The Morgan fingerprint density at radius 3 is 2.48 bits per heavy atom. The van der Waals surface area contributed by atoms with Gasteiger partial charge in [-0.3, -0.25) is 9.59 Å². The quantitative estimate of drug-likeness (QED) is 0.726. The van der Waals surface area contributed by atoms with Gasteiger partial charge >= 0.3 is 0 Å². The molecule has 0 spiro atoms. The third-order valence-electron chi connectivity index (χ3n) is 4.46. The summed E-state index contributed by atoms with van der Waals surface area (Å²) in [6.07, 6.45) is 0. The Morgan fingerprint density at radius 1 is 1.16 bits per heavy atom. The lowest BCUT2D eigenvalue weighted by Gasteiger charge is -2.39. The Balaban J connectivity index is 1.81. The molecule has 0 aliphatic carbocycles. The van der Waals surface area contributed by atoms with E-state index in [4.69, 9.17) is 11.6 Å². The molecule has 25 heavy (non-hydrogen) atoms. The van der Waals surface area contributed by atoms with E-state index in [9.17, 15) is 9.59 Å². The molecule has 0 bridgehead atoms. The summed E-state index contributed by atoms with van der Waals surface area (Å²) in [7, 11) is 0. The number of aryl methyl sites for hydroxylation is 1. The van der Waals surface area contributed by atoms with Crippen molar-refractivity contribution in [3.05, 3.63) is 63.1 Å². The summed E-state index contributed by atoms with van der Waals surface area (Å²) >= 11 is 9.37. The van der Waals surface area contributed by atoms with Gasteiger partial charge in [0, 0.05) is 33.8 Å². The Hall–Kier alpha value is -1.85. The number of rotatable bonds is 2. The summed E-state index contributed by atoms with van der Waals surface area (Å²) in [6.45, 7) is 4.66. The highest BCUT2D eigenvalue weighted by molar-refractivity contribution is 9.10. The van der Waals surface area contributed by atoms with Gasteiger partial charge in [-0.1, -0.05) is 27.5 Å². The first-order chi connectivity index (χ1) is 11.9. The van der Waals surface area contributed by atoms with E-state index >= 15 is 0 Å². The maximum Gasteiger partial charge on any atom is 0.254 e. The van der Waals surface area contributed by atoms with Gasteiger partial charge in [0.25, 0.3) is 5.91 Å². The van der Waals surface area contributed by atoms with E-state index in [1.807, 2.05) is 31.2 Å². The fourth-order valence-electron chi connectivity index (χ4n) is 3.07. The fraction of sp³-hybridized carbons (Fsp3) is 0.263. The molecular formula is C19H18BrClN2O2. The van der Waals surface area contributed by atoms with E-state index in [1.54, 1.807) is 34.9 Å². The highest BCUT2D eigenvalue weighted by Crippen LogP contribution is 2.27. The fourth-order valence-corrected chi connectivity index (χ4v) is 3.56. The number of carbonyl (C=O) groups is 2. The van der Waals surface area contributed by atoms with Crippen LogP contribution in [0.1, 0.15) is 22.8 Å². The predicted octanol–water partition coefficient (Wildman–Crippen LogP) is 4.29. The third-order valence-corrected chi connectivity index (χ3v) is 5.22.